The molecule has 0 radical (unpaired) electrons. The van der Waals surface area contributed by atoms with E-state index < -0.39 is 23.5 Å². The molecule has 1 unspecified atom stereocenters. The predicted octanol–water partition coefficient (Wildman–Crippen LogP) is 5.11. The first-order chi connectivity index (χ1) is 15.0. The van der Waals surface area contributed by atoms with Gasteiger partial charge < -0.3 is 18.8 Å². The molecule has 3 heterocycles. The van der Waals surface area contributed by atoms with E-state index in [1.807, 2.05) is 49.4 Å². The lowest BCUT2D eigenvalue weighted by atomic mass is 9.94. The van der Waals surface area contributed by atoms with Crippen molar-refractivity contribution < 1.29 is 23.5 Å². The van der Waals surface area contributed by atoms with Crippen LogP contribution in [0.2, 0.25) is 0 Å². The van der Waals surface area contributed by atoms with Crippen molar-refractivity contribution in [1.29, 1.82) is 0 Å². The molecule has 2 aromatic heterocycles. The lowest BCUT2D eigenvalue weighted by Gasteiger charge is -2.26. The number of aryl methyl sites for hydroxylation is 1. The Kier molecular flexibility index (Phi) is 4.47. The van der Waals surface area contributed by atoms with Gasteiger partial charge in [0.1, 0.15) is 11.3 Å². The van der Waals surface area contributed by atoms with Gasteiger partial charge >= 0.3 is 0 Å². The standard InChI is InChI=1S/C25H19NO5/c1-15-6-4-8-17(12-15)22-21(23(27)20-13-16-7-2-3-10-19(16)31-20)24(28)25(29)26(22)14-18-9-5-11-30-18/h2-13,22,28H,14H2,1H3. The number of benzene rings is 2. The molecule has 1 atom stereocenters. The molecule has 31 heavy (non-hydrogen) atoms. The highest BCUT2D eigenvalue weighted by Gasteiger charge is 2.44. The van der Waals surface area contributed by atoms with Crippen LogP contribution in [0.5, 0.6) is 0 Å². The van der Waals surface area contributed by atoms with E-state index in [4.69, 9.17) is 8.83 Å². The number of furan rings is 2. The molecule has 6 heteroatoms. The van der Waals surface area contributed by atoms with Crippen LogP contribution in [-0.2, 0) is 11.3 Å². The predicted molar refractivity (Wildman–Crippen MR) is 113 cm³/mol. The van der Waals surface area contributed by atoms with E-state index >= 15 is 0 Å². The maximum absolute atomic E-state index is 13.5. The van der Waals surface area contributed by atoms with Gasteiger partial charge in [0.15, 0.2) is 11.5 Å². The molecule has 0 spiro atoms. The summed E-state index contributed by atoms with van der Waals surface area (Å²) in [5.41, 5.74) is 2.27. The number of aliphatic hydroxyl groups is 1. The Hall–Kier alpha value is -4.06. The van der Waals surface area contributed by atoms with Gasteiger partial charge in [-0.05, 0) is 36.8 Å². The minimum absolute atomic E-state index is 0.00112. The van der Waals surface area contributed by atoms with Crippen LogP contribution in [0.15, 0.2) is 93.2 Å². The number of amides is 1. The number of Topliss-reactive ketones (excluding diaryl/α,β-unsaturated/α-hetero) is 1. The second-order valence-electron chi connectivity index (χ2n) is 7.57. The minimum Gasteiger partial charge on any atom is -0.503 e. The molecule has 1 amide bonds. The van der Waals surface area contributed by atoms with Gasteiger partial charge in [-0.1, -0.05) is 48.0 Å². The van der Waals surface area contributed by atoms with E-state index in [0.29, 0.717) is 11.3 Å². The van der Waals surface area contributed by atoms with E-state index in [-0.39, 0.29) is 17.9 Å². The van der Waals surface area contributed by atoms with Gasteiger partial charge in [0, 0.05) is 5.39 Å². The maximum Gasteiger partial charge on any atom is 0.290 e. The second-order valence-corrected chi connectivity index (χ2v) is 7.57. The van der Waals surface area contributed by atoms with Crippen molar-refractivity contribution in [3.63, 3.8) is 0 Å². The van der Waals surface area contributed by atoms with Crippen LogP contribution in [0.3, 0.4) is 0 Å². The first kappa shape index (κ1) is 18.9. The smallest absolute Gasteiger partial charge is 0.290 e. The van der Waals surface area contributed by atoms with E-state index in [0.717, 1.165) is 16.5 Å². The highest BCUT2D eigenvalue weighted by molar-refractivity contribution is 6.16. The Morgan fingerprint density at radius 3 is 2.65 bits per heavy atom. The Labute approximate surface area is 178 Å². The lowest BCUT2D eigenvalue weighted by molar-refractivity contribution is -0.130. The third-order valence-corrected chi connectivity index (χ3v) is 5.46. The Balaban J connectivity index is 1.62. The van der Waals surface area contributed by atoms with Crippen molar-refractivity contribution in [2.75, 3.05) is 0 Å². The van der Waals surface area contributed by atoms with Gasteiger partial charge in [0.25, 0.3) is 5.91 Å². The number of ketones is 1. The minimum atomic E-state index is -0.766. The molecule has 0 saturated heterocycles. The molecule has 0 aliphatic carbocycles. The summed E-state index contributed by atoms with van der Waals surface area (Å²) in [6.45, 7) is 2.05. The fourth-order valence-electron chi connectivity index (χ4n) is 4.03. The number of carbonyl (C=O) groups excluding carboxylic acids is 2. The fourth-order valence-corrected chi connectivity index (χ4v) is 4.03. The zero-order chi connectivity index (χ0) is 21.5. The summed E-state index contributed by atoms with van der Waals surface area (Å²) < 4.78 is 11.1. The third kappa shape index (κ3) is 3.22. The summed E-state index contributed by atoms with van der Waals surface area (Å²) in [5, 5.41) is 11.5. The van der Waals surface area contributed by atoms with Crippen LogP contribution in [0, 0.1) is 6.92 Å². The van der Waals surface area contributed by atoms with Crippen LogP contribution in [-0.4, -0.2) is 21.7 Å². The quantitative estimate of drug-likeness (QED) is 0.460. The first-order valence-corrected chi connectivity index (χ1v) is 9.89. The second kappa shape index (κ2) is 7.32. The number of rotatable bonds is 5. The molecule has 0 saturated carbocycles. The molecule has 1 aliphatic heterocycles. The van der Waals surface area contributed by atoms with Gasteiger partial charge in [0.2, 0.25) is 5.78 Å². The van der Waals surface area contributed by atoms with Gasteiger partial charge in [-0.2, -0.15) is 0 Å². The Bertz CT molecular complexity index is 1300. The number of nitrogens with zero attached hydrogens (tertiary/aromatic N) is 1. The molecule has 6 nitrogen and oxygen atoms in total. The summed E-state index contributed by atoms with van der Waals surface area (Å²) in [5.74, 6) is -1.08. The summed E-state index contributed by atoms with van der Waals surface area (Å²) in [7, 11) is 0. The fraction of sp³-hybridized carbons (Fsp3) is 0.120. The maximum atomic E-state index is 13.5. The monoisotopic (exact) mass is 413 g/mol. The van der Waals surface area contributed by atoms with Gasteiger partial charge in [-0.15, -0.1) is 0 Å². The van der Waals surface area contributed by atoms with Gasteiger partial charge in [-0.25, -0.2) is 0 Å². The molecule has 0 fully saturated rings. The molecule has 2 aromatic carbocycles. The zero-order valence-electron chi connectivity index (χ0n) is 16.7. The van der Waals surface area contributed by atoms with Crippen molar-refractivity contribution >= 4 is 22.7 Å². The van der Waals surface area contributed by atoms with E-state index in [2.05, 4.69) is 0 Å². The normalized spacial score (nSPS) is 16.5. The van der Waals surface area contributed by atoms with Crippen LogP contribution in [0.25, 0.3) is 11.0 Å². The zero-order valence-corrected chi connectivity index (χ0v) is 16.7. The highest BCUT2D eigenvalue weighted by Crippen LogP contribution is 2.40. The average molecular weight is 413 g/mol. The van der Waals surface area contributed by atoms with Crippen molar-refractivity contribution in [1.82, 2.24) is 4.90 Å². The van der Waals surface area contributed by atoms with E-state index in [1.165, 1.54) is 11.2 Å². The third-order valence-electron chi connectivity index (χ3n) is 5.46. The van der Waals surface area contributed by atoms with Crippen LogP contribution in [0.4, 0.5) is 0 Å². The molecule has 154 valence electrons. The van der Waals surface area contributed by atoms with Crippen LogP contribution >= 0.6 is 0 Å². The number of fused-ring (bicyclic) bond motifs is 1. The Morgan fingerprint density at radius 1 is 1.06 bits per heavy atom. The SMILES string of the molecule is Cc1cccc(C2C(C(=O)c3cc4ccccc4o3)=C(O)C(=O)N2Cc2ccco2)c1. The number of para-hydroxylation sites is 1. The van der Waals surface area contributed by atoms with Gasteiger partial charge in [-0.3, -0.25) is 9.59 Å². The lowest BCUT2D eigenvalue weighted by Crippen LogP contribution is -2.30. The number of hydrogen-bond donors (Lipinski definition) is 1. The topological polar surface area (TPSA) is 83.9 Å². The van der Waals surface area contributed by atoms with E-state index in [1.54, 1.807) is 24.3 Å². The van der Waals surface area contributed by atoms with Crippen LogP contribution in [0.1, 0.15) is 33.5 Å². The van der Waals surface area contributed by atoms with Crippen molar-refractivity contribution in [2.45, 2.75) is 19.5 Å². The van der Waals surface area contributed by atoms with Crippen LogP contribution < -0.4 is 0 Å². The van der Waals surface area contributed by atoms with Crippen molar-refractivity contribution in [3.05, 3.63) is 107 Å². The average Bonchev–Trinajstić information content (AvgIpc) is 3.48. The largest absolute Gasteiger partial charge is 0.503 e. The summed E-state index contributed by atoms with van der Waals surface area (Å²) >= 11 is 0. The van der Waals surface area contributed by atoms with Crippen molar-refractivity contribution in [3.8, 4) is 0 Å². The molecular formula is C25H19NO5. The Morgan fingerprint density at radius 2 is 1.90 bits per heavy atom. The first-order valence-electron chi connectivity index (χ1n) is 9.89. The summed E-state index contributed by atoms with van der Waals surface area (Å²) in [6.07, 6.45) is 1.52. The molecule has 4 aromatic rings. The highest BCUT2D eigenvalue weighted by atomic mass is 16.3. The molecule has 5 rings (SSSR count). The molecule has 1 N–H and O–H groups in total. The van der Waals surface area contributed by atoms with E-state index in [9.17, 15) is 14.7 Å². The summed E-state index contributed by atoms with van der Waals surface area (Å²) in [6, 6.07) is 19.1. The number of hydrogen-bond acceptors (Lipinski definition) is 5. The number of carbonyl (C=O) groups is 2. The van der Waals surface area contributed by atoms with Crippen molar-refractivity contribution in [2.24, 2.45) is 0 Å². The molecular weight excluding hydrogens is 394 g/mol. The number of aliphatic hydroxyl groups excluding tert-OH is 1. The van der Waals surface area contributed by atoms with Gasteiger partial charge in [0.05, 0.1) is 24.4 Å². The molecule has 0 bridgehead atoms. The summed E-state index contributed by atoms with van der Waals surface area (Å²) in [4.78, 5) is 27.9. The molecule has 1 aliphatic rings.